The van der Waals surface area contributed by atoms with E-state index >= 15 is 0 Å². The fourth-order valence-corrected chi connectivity index (χ4v) is 3.42. The molecular weight excluding hydrogens is 397 g/mol. The number of aromatic nitrogens is 2. The van der Waals surface area contributed by atoms with Crippen molar-refractivity contribution in [3.63, 3.8) is 0 Å². The second kappa shape index (κ2) is 8.61. The van der Waals surface area contributed by atoms with E-state index in [0.29, 0.717) is 6.42 Å². The molecule has 0 amide bonds. The Balaban J connectivity index is 2.35. The van der Waals surface area contributed by atoms with Gasteiger partial charge in [0.25, 0.3) is 5.56 Å². The number of rotatable bonds is 6. The predicted molar refractivity (Wildman–Crippen MR) is 107 cm³/mol. The first-order valence-corrected chi connectivity index (χ1v) is 9.41. The molecule has 3 aromatic rings. The quantitative estimate of drug-likeness (QED) is 0.611. The van der Waals surface area contributed by atoms with Gasteiger partial charge in [0.15, 0.2) is 11.6 Å². The van der Waals surface area contributed by atoms with E-state index in [2.05, 4.69) is 0 Å². The molecule has 0 aliphatic carbocycles. The van der Waals surface area contributed by atoms with Crippen molar-refractivity contribution in [3.05, 3.63) is 85.9 Å². The Labute approximate surface area is 171 Å². The lowest BCUT2D eigenvalue weighted by atomic mass is 10.0. The van der Waals surface area contributed by atoms with Crippen LogP contribution in [0.25, 0.3) is 11.1 Å². The third-order valence-corrected chi connectivity index (χ3v) is 4.97. The minimum absolute atomic E-state index is 0.0514. The molecule has 0 N–H and O–H groups in total. The number of hydrogen-bond acceptors (Lipinski definition) is 3. The molecular formula is C22H21F3N2O3. The Morgan fingerprint density at radius 2 is 1.60 bits per heavy atom. The van der Waals surface area contributed by atoms with E-state index in [1.807, 2.05) is 0 Å². The highest BCUT2D eigenvalue weighted by molar-refractivity contribution is 5.67. The molecule has 0 spiro atoms. The van der Waals surface area contributed by atoms with Crippen molar-refractivity contribution in [1.29, 1.82) is 0 Å². The van der Waals surface area contributed by atoms with E-state index in [1.165, 1.54) is 38.3 Å². The van der Waals surface area contributed by atoms with Crippen LogP contribution in [0.2, 0.25) is 0 Å². The van der Waals surface area contributed by atoms with E-state index in [4.69, 9.17) is 4.74 Å². The van der Waals surface area contributed by atoms with E-state index in [-0.39, 0.29) is 34.7 Å². The van der Waals surface area contributed by atoms with Crippen LogP contribution in [-0.2, 0) is 13.1 Å². The Bertz CT molecular complexity index is 1200. The average Bonchev–Trinajstić information content (AvgIpc) is 2.71. The molecule has 0 unspecified atom stereocenters. The number of nitrogens with zero attached hydrogens (tertiary/aromatic N) is 2. The maximum atomic E-state index is 14.9. The Morgan fingerprint density at radius 1 is 0.967 bits per heavy atom. The number of benzene rings is 2. The van der Waals surface area contributed by atoms with Gasteiger partial charge in [0.05, 0.1) is 19.2 Å². The predicted octanol–water partition coefficient (Wildman–Crippen LogP) is 3.87. The maximum Gasteiger partial charge on any atom is 0.331 e. The Hall–Kier alpha value is -3.29. The third kappa shape index (κ3) is 3.65. The van der Waals surface area contributed by atoms with Crippen LogP contribution in [-0.4, -0.2) is 16.2 Å². The molecule has 0 aliphatic heterocycles. The molecule has 2 aromatic carbocycles. The van der Waals surface area contributed by atoms with Crippen LogP contribution >= 0.6 is 0 Å². The molecule has 0 fully saturated rings. The monoisotopic (exact) mass is 418 g/mol. The van der Waals surface area contributed by atoms with Crippen molar-refractivity contribution in [2.24, 2.45) is 0 Å². The van der Waals surface area contributed by atoms with Gasteiger partial charge in [-0.25, -0.2) is 18.0 Å². The standard InChI is InChI=1S/C22H21F3N2O3/c1-4-11-26-21(28)19(14-7-5-10-18(30-3)20(14)25)13(2)27(22(26)29)12-15-16(23)8-6-9-17(15)24/h5-10H,4,11-12H2,1-3H3. The van der Waals surface area contributed by atoms with Crippen LogP contribution < -0.4 is 16.0 Å². The molecule has 1 aromatic heterocycles. The highest BCUT2D eigenvalue weighted by Crippen LogP contribution is 2.29. The van der Waals surface area contributed by atoms with Gasteiger partial charge in [0.2, 0.25) is 0 Å². The van der Waals surface area contributed by atoms with Crippen LogP contribution in [0.15, 0.2) is 46.0 Å². The minimum Gasteiger partial charge on any atom is -0.494 e. The Kier molecular flexibility index (Phi) is 6.14. The highest BCUT2D eigenvalue weighted by atomic mass is 19.1. The molecule has 0 bridgehead atoms. The number of ether oxygens (including phenoxy) is 1. The normalized spacial score (nSPS) is 11.0. The molecule has 30 heavy (non-hydrogen) atoms. The minimum atomic E-state index is -0.816. The third-order valence-electron chi connectivity index (χ3n) is 4.97. The average molecular weight is 418 g/mol. The highest BCUT2D eigenvalue weighted by Gasteiger charge is 2.22. The van der Waals surface area contributed by atoms with Crippen LogP contribution in [0.3, 0.4) is 0 Å². The first-order chi connectivity index (χ1) is 14.3. The van der Waals surface area contributed by atoms with Crippen LogP contribution in [0, 0.1) is 24.4 Å². The lowest BCUT2D eigenvalue weighted by molar-refractivity contribution is 0.387. The van der Waals surface area contributed by atoms with Crippen molar-refractivity contribution in [2.75, 3.05) is 7.11 Å². The summed E-state index contributed by atoms with van der Waals surface area (Å²) in [5.41, 5.74) is -1.71. The van der Waals surface area contributed by atoms with E-state index in [0.717, 1.165) is 21.3 Å². The summed E-state index contributed by atoms with van der Waals surface area (Å²) in [5.74, 6) is -2.45. The lowest BCUT2D eigenvalue weighted by Gasteiger charge is -2.18. The molecule has 158 valence electrons. The summed E-state index contributed by atoms with van der Waals surface area (Å²) in [7, 11) is 1.30. The summed E-state index contributed by atoms with van der Waals surface area (Å²) in [5, 5.41) is 0. The summed E-state index contributed by atoms with van der Waals surface area (Å²) in [6, 6.07) is 7.72. The zero-order chi connectivity index (χ0) is 22.0. The number of hydrogen-bond donors (Lipinski definition) is 0. The van der Waals surface area contributed by atoms with E-state index < -0.39 is 35.2 Å². The topological polar surface area (TPSA) is 53.2 Å². The molecule has 1 heterocycles. The van der Waals surface area contributed by atoms with Gasteiger partial charge in [-0.2, -0.15) is 0 Å². The second-order valence-corrected chi connectivity index (χ2v) is 6.81. The second-order valence-electron chi connectivity index (χ2n) is 6.81. The largest absolute Gasteiger partial charge is 0.494 e. The molecule has 0 saturated heterocycles. The van der Waals surface area contributed by atoms with Crippen molar-refractivity contribution in [1.82, 2.24) is 9.13 Å². The molecule has 0 atom stereocenters. The van der Waals surface area contributed by atoms with Gasteiger partial charge >= 0.3 is 5.69 Å². The van der Waals surface area contributed by atoms with Gasteiger partial charge in [-0.3, -0.25) is 13.9 Å². The first-order valence-electron chi connectivity index (χ1n) is 9.41. The fraction of sp³-hybridized carbons (Fsp3) is 0.273. The smallest absolute Gasteiger partial charge is 0.331 e. The molecule has 0 aliphatic rings. The summed E-state index contributed by atoms with van der Waals surface area (Å²) in [4.78, 5) is 26.1. The molecule has 0 saturated carbocycles. The van der Waals surface area contributed by atoms with Crippen molar-refractivity contribution < 1.29 is 17.9 Å². The van der Waals surface area contributed by atoms with Gasteiger partial charge < -0.3 is 4.74 Å². The number of halogens is 3. The summed E-state index contributed by atoms with van der Waals surface area (Å²) >= 11 is 0. The van der Waals surface area contributed by atoms with Gasteiger partial charge in [-0.1, -0.05) is 25.1 Å². The van der Waals surface area contributed by atoms with E-state index in [1.54, 1.807) is 6.92 Å². The maximum absolute atomic E-state index is 14.9. The van der Waals surface area contributed by atoms with Gasteiger partial charge in [-0.05, 0) is 31.5 Å². The summed E-state index contributed by atoms with van der Waals surface area (Å²) < 4.78 is 50.4. The van der Waals surface area contributed by atoms with Crippen LogP contribution in [0.1, 0.15) is 24.6 Å². The van der Waals surface area contributed by atoms with Gasteiger partial charge in [-0.15, -0.1) is 0 Å². The van der Waals surface area contributed by atoms with Crippen molar-refractivity contribution >= 4 is 0 Å². The van der Waals surface area contributed by atoms with Crippen molar-refractivity contribution in [3.8, 4) is 16.9 Å². The van der Waals surface area contributed by atoms with E-state index in [9.17, 15) is 22.8 Å². The van der Waals surface area contributed by atoms with Crippen LogP contribution in [0.4, 0.5) is 13.2 Å². The first kappa shape index (κ1) is 21.4. The molecule has 8 heteroatoms. The van der Waals surface area contributed by atoms with Gasteiger partial charge in [0, 0.05) is 23.4 Å². The lowest BCUT2D eigenvalue weighted by Crippen LogP contribution is -2.42. The Morgan fingerprint density at radius 3 is 2.20 bits per heavy atom. The summed E-state index contributed by atoms with van der Waals surface area (Å²) in [6.45, 7) is 2.87. The SMILES string of the molecule is CCCn1c(=O)c(-c2cccc(OC)c2F)c(C)n(Cc2c(F)cccc2F)c1=O. The molecule has 5 nitrogen and oxygen atoms in total. The zero-order valence-electron chi connectivity index (χ0n) is 16.8. The summed E-state index contributed by atoms with van der Waals surface area (Å²) in [6.07, 6.45) is 0.465. The molecule has 3 rings (SSSR count). The fourth-order valence-electron chi connectivity index (χ4n) is 3.42. The van der Waals surface area contributed by atoms with Crippen LogP contribution in [0.5, 0.6) is 5.75 Å². The van der Waals surface area contributed by atoms with Gasteiger partial charge in [0.1, 0.15) is 11.6 Å². The molecule has 0 radical (unpaired) electrons. The zero-order valence-corrected chi connectivity index (χ0v) is 16.8. The van der Waals surface area contributed by atoms with Crippen molar-refractivity contribution in [2.45, 2.75) is 33.4 Å². The number of methoxy groups -OCH3 is 1.